The molecule has 0 radical (unpaired) electrons. The fraction of sp³-hybridized carbons (Fsp3) is 0.333. The number of thioether (sulfide) groups is 1. The van der Waals surface area contributed by atoms with Gasteiger partial charge < -0.3 is 14.6 Å². The number of hydrogen-bond donors (Lipinski definition) is 1. The van der Waals surface area contributed by atoms with Crippen LogP contribution in [0.15, 0.2) is 34.9 Å². The van der Waals surface area contributed by atoms with Gasteiger partial charge in [-0.1, -0.05) is 17.7 Å². The first-order valence-corrected chi connectivity index (χ1v) is 8.94. The van der Waals surface area contributed by atoms with Crippen LogP contribution in [-0.4, -0.2) is 34.4 Å². The molecule has 126 valence electrons. The number of hydrogen-bond acceptors (Lipinski definition) is 4. The largest absolute Gasteiger partial charge is 0.459 e. The van der Waals surface area contributed by atoms with Crippen molar-refractivity contribution in [1.82, 2.24) is 4.90 Å². The first kappa shape index (κ1) is 16.6. The zero-order chi connectivity index (χ0) is 17.3. The van der Waals surface area contributed by atoms with Crippen LogP contribution in [0.5, 0.6) is 0 Å². The SMILES string of the molecule is Cc1ccc(NC(=O)C2CSCN2C(=O)c2occc2C)c(C)c1. The summed E-state index contributed by atoms with van der Waals surface area (Å²) in [5.74, 6) is 0.987. The molecule has 1 atom stereocenters. The molecule has 1 aromatic carbocycles. The summed E-state index contributed by atoms with van der Waals surface area (Å²) in [7, 11) is 0. The highest BCUT2D eigenvalue weighted by Crippen LogP contribution is 2.26. The third-order valence-electron chi connectivity index (χ3n) is 4.14. The molecule has 5 nitrogen and oxygen atoms in total. The smallest absolute Gasteiger partial charge is 0.291 e. The van der Waals surface area contributed by atoms with Gasteiger partial charge in [-0.3, -0.25) is 9.59 Å². The van der Waals surface area contributed by atoms with E-state index in [0.29, 0.717) is 17.4 Å². The van der Waals surface area contributed by atoms with E-state index in [1.807, 2.05) is 39.0 Å². The fourth-order valence-corrected chi connectivity index (χ4v) is 3.91. The van der Waals surface area contributed by atoms with E-state index in [2.05, 4.69) is 5.32 Å². The molecule has 1 aromatic heterocycles. The predicted molar refractivity (Wildman–Crippen MR) is 95.3 cm³/mol. The minimum absolute atomic E-state index is 0.162. The van der Waals surface area contributed by atoms with Crippen LogP contribution < -0.4 is 5.32 Å². The van der Waals surface area contributed by atoms with E-state index >= 15 is 0 Å². The Balaban J connectivity index is 1.76. The lowest BCUT2D eigenvalue weighted by Gasteiger charge is -2.22. The Morgan fingerprint density at radius 2 is 2.00 bits per heavy atom. The van der Waals surface area contributed by atoms with E-state index in [0.717, 1.165) is 22.4 Å². The summed E-state index contributed by atoms with van der Waals surface area (Å²) >= 11 is 1.57. The fourth-order valence-electron chi connectivity index (χ4n) is 2.75. The Hall–Kier alpha value is -2.21. The minimum Gasteiger partial charge on any atom is -0.459 e. The van der Waals surface area contributed by atoms with Crippen molar-refractivity contribution in [2.24, 2.45) is 0 Å². The Morgan fingerprint density at radius 3 is 2.67 bits per heavy atom. The highest BCUT2D eigenvalue weighted by Gasteiger charge is 2.36. The molecule has 0 bridgehead atoms. The van der Waals surface area contributed by atoms with Crippen LogP contribution in [0.3, 0.4) is 0 Å². The lowest BCUT2D eigenvalue weighted by atomic mass is 10.1. The summed E-state index contributed by atoms with van der Waals surface area (Å²) in [5, 5.41) is 2.95. The van der Waals surface area contributed by atoms with Crippen molar-refractivity contribution in [3.05, 3.63) is 53.0 Å². The van der Waals surface area contributed by atoms with E-state index in [9.17, 15) is 9.59 Å². The Kier molecular flexibility index (Phi) is 4.66. The second-order valence-corrected chi connectivity index (χ2v) is 7.03. The maximum Gasteiger partial charge on any atom is 0.291 e. The molecule has 1 aliphatic heterocycles. The normalized spacial score (nSPS) is 17.1. The second-order valence-electron chi connectivity index (χ2n) is 6.03. The number of amides is 2. The monoisotopic (exact) mass is 344 g/mol. The number of nitrogens with one attached hydrogen (secondary N) is 1. The zero-order valence-corrected chi connectivity index (χ0v) is 14.8. The van der Waals surface area contributed by atoms with Gasteiger partial charge in [0.15, 0.2) is 5.76 Å². The number of aryl methyl sites for hydroxylation is 3. The molecule has 1 saturated heterocycles. The molecule has 1 N–H and O–H groups in total. The number of benzene rings is 1. The summed E-state index contributed by atoms with van der Waals surface area (Å²) in [6.45, 7) is 5.80. The van der Waals surface area contributed by atoms with Gasteiger partial charge in [-0.25, -0.2) is 0 Å². The molecule has 2 amide bonds. The van der Waals surface area contributed by atoms with Gasteiger partial charge in [0.05, 0.1) is 12.1 Å². The first-order chi connectivity index (χ1) is 11.5. The summed E-state index contributed by atoms with van der Waals surface area (Å²) in [6.07, 6.45) is 1.50. The molecule has 0 aliphatic carbocycles. The second kappa shape index (κ2) is 6.73. The van der Waals surface area contributed by atoms with E-state index in [-0.39, 0.29) is 11.8 Å². The van der Waals surface area contributed by atoms with Crippen molar-refractivity contribution in [3.8, 4) is 0 Å². The van der Waals surface area contributed by atoms with Gasteiger partial charge >= 0.3 is 0 Å². The van der Waals surface area contributed by atoms with Crippen LogP contribution >= 0.6 is 11.8 Å². The highest BCUT2D eigenvalue weighted by molar-refractivity contribution is 7.99. The van der Waals surface area contributed by atoms with Crippen molar-refractivity contribution in [1.29, 1.82) is 0 Å². The molecule has 3 rings (SSSR count). The van der Waals surface area contributed by atoms with Gasteiger partial charge in [0.25, 0.3) is 5.91 Å². The van der Waals surface area contributed by atoms with Crippen molar-refractivity contribution in [2.45, 2.75) is 26.8 Å². The van der Waals surface area contributed by atoms with E-state index < -0.39 is 6.04 Å². The number of furan rings is 1. The van der Waals surface area contributed by atoms with Crippen molar-refractivity contribution < 1.29 is 14.0 Å². The molecule has 1 fully saturated rings. The maximum absolute atomic E-state index is 12.7. The topological polar surface area (TPSA) is 62.6 Å². The van der Waals surface area contributed by atoms with Crippen LogP contribution in [-0.2, 0) is 4.79 Å². The molecule has 1 aliphatic rings. The molecule has 0 saturated carbocycles. The van der Waals surface area contributed by atoms with Crippen LogP contribution in [0.4, 0.5) is 5.69 Å². The summed E-state index contributed by atoms with van der Waals surface area (Å²) in [5.41, 5.74) is 3.72. The molecule has 1 unspecified atom stereocenters. The quantitative estimate of drug-likeness (QED) is 0.927. The molecular formula is C18H20N2O3S. The van der Waals surface area contributed by atoms with Crippen LogP contribution in [0, 0.1) is 20.8 Å². The van der Waals surface area contributed by atoms with Gasteiger partial charge in [-0.15, -0.1) is 11.8 Å². The van der Waals surface area contributed by atoms with Crippen LogP contribution in [0.25, 0.3) is 0 Å². The summed E-state index contributed by atoms with van der Waals surface area (Å²) in [4.78, 5) is 26.9. The molecule has 2 aromatic rings. The first-order valence-electron chi connectivity index (χ1n) is 7.78. The number of anilines is 1. The van der Waals surface area contributed by atoms with Crippen LogP contribution in [0.1, 0.15) is 27.2 Å². The third kappa shape index (κ3) is 3.19. The minimum atomic E-state index is -0.493. The molecule has 24 heavy (non-hydrogen) atoms. The standard InChI is InChI=1S/C18H20N2O3S/c1-11-4-5-14(13(3)8-11)19-17(21)15-9-24-10-20(15)18(22)16-12(2)6-7-23-16/h4-8,15H,9-10H2,1-3H3,(H,19,21). The van der Waals surface area contributed by atoms with E-state index in [4.69, 9.17) is 4.42 Å². The highest BCUT2D eigenvalue weighted by atomic mass is 32.2. The third-order valence-corrected chi connectivity index (χ3v) is 5.15. The Morgan fingerprint density at radius 1 is 1.21 bits per heavy atom. The van der Waals surface area contributed by atoms with Gasteiger partial charge in [-0.2, -0.15) is 0 Å². The lowest BCUT2D eigenvalue weighted by molar-refractivity contribution is -0.119. The molecule has 0 spiro atoms. The van der Waals surface area contributed by atoms with E-state index in [1.165, 1.54) is 6.26 Å². The number of nitrogens with zero attached hydrogens (tertiary/aromatic N) is 1. The van der Waals surface area contributed by atoms with Crippen LogP contribution in [0.2, 0.25) is 0 Å². The van der Waals surface area contributed by atoms with Crippen molar-refractivity contribution >= 4 is 29.3 Å². The average Bonchev–Trinajstić information content (AvgIpc) is 3.18. The van der Waals surface area contributed by atoms with Gasteiger partial charge in [0.2, 0.25) is 5.91 Å². The molecule has 6 heteroatoms. The Bertz CT molecular complexity index is 784. The zero-order valence-electron chi connectivity index (χ0n) is 14.0. The van der Waals surface area contributed by atoms with E-state index in [1.54, 1.807) is 22.7 Å². The van der Waals surface area contributed by atoms with Gasteiger partial charge in [-0.05, 0) is 38.5 Å². The van der Waals surface area contributed by atoms with Crippen molar-refractivity contribution in [3.63, 3.8) is 0 Å². The molecule has 2 heterocycles. The lowest BCUT2D eigenvalue weighted by Crippen LogP contribution is -2.44. The summed E-state index contributed by atoms with van der Waals surface area (Å²) < 4.78 is 5.28. The number of rotatable bonds is 3. The predicted octanol–water partition coefficient (Wildman–Crippen LogP) is 3.36. The van der Waals surface area contributed by atoms with Gasteiger partial charge in [0.1, 0.15) is 6.04 Å². The van der Waals surface area contributed by atoms with Gasteiger partial charge in [0, 0.05) is 17.0 Å². The maximum atomic E-state index is 12.7. The Labute approximate surface area is 145 Å². The molecular weight excluding hydrogens is 324 g/mol. The van der Waals surface area contributed by atoms with Crippen molar-refractivity contribution in [2.75, 3.05) is 16.9 Å². The number of carbonyl (C=O) groups is 2. The summed E-state index contributed by atoms with van der Waals surface area (Å²) in [6, 6.07) is 7.14. The average molecular weight is 344 g/mol. The number of carbonyl (C=O) groups excluding carboxylic acids is 2.